The lowest BCUT2D eigenvalue weighted by Gasteiger charge is -2.13. The number of aryl methyl sites for hydroxylation is 1. The van der Waals surface area contributed by atoms with Crippen molar-refractivity contribution >= 4 is 23.0 Å². The van der Waals surface area contributed by atoms with Crippen molar-refractivity contribution in [3.63, 3.8) is 0 Å². The van der Waals surface area contributed by atoms with E-state index in [2.05, 4.69) is 10.6 Å². The van der Waals surface area contributed by atoms with E-state index in [1.165, 1.54) is 10.6 Å². The normalized spacial score (nSPS) is 10.3. The van der Waals surface area contributed by atoms with Gasteiger partial charge in [-0.3, -0.25) is 9.59 Å². The predicted octanol–water partition coefficient (Wildman–Crippen LogP) is 3.87. The first-order chi connectivity index (χ1) is 13.1. The molecule has 1 amide bonds. The second-order valence-corrected chi connectivity index (χ2v) is 5.90. The van der Waals surface area contributed by atoms with Crippen molar-refractivity contribution in [2.75, 3.05) is 17.7 Å². The van der Waals surface area contributed by atoms with E-state index in [1.54, 1.807) is 31.5 Å². The monoisotopic (exact) mass is 363 g/mol. The van der Waals surface area contributed by atoms with Gasteiger partial charge in [-0.15, -0.1) is 0 Å². The quantitative estimate of drug-likeness (QED) is 0.697. The summed E-state index contributed by atoms with van der Waals surface area (Å²) < 4.78 is 6.70. The van der Waals surface area contributed by atoms with Crippen LogP contribution in [0.4, 0.5) is 17.1 Å². The lowest BCUT2D eigenvalue weighted by atomic mass is 10.1. The summed E-state index contributed by atoms with van der Waals surface area (Å²) in [6.07, 6.45) is 1.64. The number of nitrogens with zero attached hydrogens (tertiary/aromatic N) is 1. The largest absolute Gasteiger partial charge is 0.497 e. The van der Waals surface area contributed by atoms with Crippen molar-refractivity contribution in [3.05, 3.63) is 82.8 Å². The van der Waals surface area contributed by atoms with Crippen LogP contribution in [0.25, 0.3) is 0 Å². The molecule has 0 atom stereocenters. The van der Waals surface area contributed by atoms with Crippen LogP contribution in [0, 0.1) is 0 Å². The van der Waals surface area contributed by atoms with Gasteiger partial charge in [0, 0.05) is 24.5 Å². The third-order valence-corrected chi connectivity index (χ3v) is 4.12. The molecule has 3 rings (SSSR count). The first-order valence-electron chi connectivity index (χ1n) is 8.62. The minimum Gasteiger partial charge on any atom is -0.497 e. The molecule has 0 aliphatic rings. The summed E-state index contributed by atoms with van der Waals surface area (Å²) in [6.45, 7) is 2.42. The standard InChI is InChI=1S/C21H21N3O3/c1-3-24-14-16(10-13-20(24)25)23-21(26)18-6-4-5-7-19(18)22-15-8-11-17(27-2)12-9-15/h4-14,22H,3H2,1-2H3,(H,23,26). The maximum absolute atomic E-state index is 12.8. The van der Waals surface area contributed by atoms with Gasteiger partial charge in [-0.25, -0.2) is 0 Å². The highest BCUT2D eigenvalue weighted by molar-refractivity contribution is 6.08. The van der Waals surface area contributed by atoms with Gasteiger partial charge >= 0.3 is 0 Å². The van der Waals surface area contributed by atoms with Crippen LogP contribution in [0.5, 0.6) is 5.75 Å². The molecule has 1 heterocycles. The Morgan fingerprint density at radius 3 is 2.41 bits per heavy atom. The Balaban J connectivity index is 1.82. The summed E-state index contributed by atoms with van der Waals surface area (Å²) in [5.74, 6) is 0.505. The van der Waals surface area contributed by atoms with E-state index in [0.29, 0.717) is 23.5 Å². The van der Waals surface area contributed by atoms with Crippen LogP contribution < -0.4 is 20.9 Å². The summed E-state index contributed by atoms with van der Waals surface area (Å²) in [5, 5.41) is 6.10. The van der Waals surface area contributed by atoms with Crippen LogP contribution in [-0.4, -0.2) is 17.6 Å². The lowest BCUT2D eigenvalue weighted by molar-refractivity contribution is 0.102. The number of rotatable bonds is 6. The Labute approximate surface area is 157 Å². The van der Waals surface area contributed by atoms with Gasteiger partial charge in [0.05, 0.1) is 24.0 Å². The molecule has 6 nitrogen and oxygen atoms in total. The van der Waals surface area contributed by atoms with Crippen LogP contribution in [-0.2, 0) is 6.54 Å². The number of hydrogen-bond acceptors (Lipinski definition) is 4. The first kappa shape index (κ1) is 18.3. The van der Waals surface area contributed by atoms with Gasteiger partial charge < -0.3 is 19.9 Å². The highest BCUT2D eigenvalue weighted by Gasteiger charge is 2.12. The van der Waals surface area contributed by atoms with E-state index in [9.17, 15) is 9.59 Å². The van der Waals surface area contributed by atoms with E-state index < -0.39 is 0 Å². The molecule has 0 aliphatic heterocycles. The zero-order valence-corrected chi connectivity index (χ0v) is 15.2. The van der Waals surface area contributed by atoms with Crippen molar-refractivity contribution in [3.8, 4) is 5.75 Å². The Hall–Kier alpha value is -3.54. The topological polar surface area (TPSA) is 72.4 Å². The number of amides is 1. The van der Waals surface area contributed by atoms with Crippen molar-refractivity contribution in [2.24, 2.45) is 0 Å². The molecule has 0 spiro atoms. The van der Waals surface area contributed by atoms with E-state index in [4.69, 9.17) is 4.74 Å². The highest BCUT2D eigenvalue weighted by atomic mass is 16.5. The number of nitrogens with one attached hydrogen (secondary N) is 2. The smallest absolute Gasteiger partial charge is 0.257 e. The number of pyridine rings is 1. The fourth-order valence-electron chi connectivity index (χ4n) is 2.67. The molecule has 2 aromatic carbocycles. The molecule has 0 aliphatic carbocycles. The Morgan fingerprint density at radius 2 is 1.70 bits per heavy atom. The fraction of sp³-hybridized carbons (Fsp3) is 0.143. The lowest BCUT2D eigenvalue weighted by Crippen LogP contribution is -2.20. The minimum absolute atomic E-state index is 0.0999. The molecule has 3 aromatic rings. The molecule has 0 radical (unpaired) electrons. The maximum atomic E-state index is 12.8. The molecule has 0 unspecified atom stereocenters. The van der Waals surface area contributed by atoms with Crippen molar-refractivity contribution in [1.29, 1.82) is 0 Å². The predicted molar refractivity (Wildman–Crippen MR) is 107 cm³/mol. The number of aromatic nitrogens is 1. The average Bonchev–Trinajstić information content (AvgIpc) is 2.70. The van der Waals surface area contributed by atoms with Gasteiger partial charge in [0.25, 0.3) is 11.5 Å². The van der Waals surface area contributed by atoms with Crippen molar-refractivity contribution in [1.82, 2.24) is 4.57 Å². The van der Waals surface area contributed by atoms with Gasteiger partial charge in [-0.2, -0.15) is 0 Å². The molecule has 0 saturated carbocycles. The van der Waals surface area contributed by atoms with E-state index >= 15 is 0 Å². The zero-order chi connectivity index (χ0) is 19.2. The van der Waals surface area contributed by atoms with Gasteiger partial charge in [0.2, 0.25) is 0 Å². The van der Waals surface area contributed by atoms with E-state index in [-0.39, 0.29) is 11.5 Å². The van der Waals surface area contributed by atoms with Crippen LogP contribution >= 0.6 is 0 Å². The van der Waals surface area contributed by atoms with Gasteiger partial charge in [0.1, 0.15) is 5.75 Å². The second kappa shape index (κ2) is 8.23. The molecule has 1 aromatic heterocycles. The highest BCUT2D eigenvalue weighted by Crippen LogP contribution is 2.23. The molecule has 138 valence electrons. The number of ether oxygens (including phenoxy) is 1. The summed E-state index contributed by atoms with van der Waals surface area (Å²) in [6, 6.07) is 17.8. The maximum Gasteiger partial charge on any atom is 0.257 e. The SMILES string of the molecule is CCn1cc(NC(=O)c2ccccc2Nc2ccc(OC)cc2)ccc1=O. The Kier molecular flexibility index (Phi) is 5.56. The van der Waals surface area contributed by atoms with Crippen LogP contribution in [0.2, 0.25) is 0 Å². The summed E-state index contributed by atoms with van der Waals surface area (Å²) in [4.78, 5) is 24.4. The van der Waals surface area contributed by atoms with Crippen molar-refractivity contribution < 1.29 is 9.53 Å². The molecule has 0 saturated heterocycles. The van der Waals surface area contributed by atoms with Crippen LogP contribution in [0.1, 0.15) is 17.3 Å². The number of hydrogen-bond donors (Lipinski definition) is 2. The molecule has 27 heavy (non-hydrogen) atoms. The third kappa shape index (κ3) is 4.36. The van der Waals surface area contributed by atoms with E-state index in [1.807, 2.05) is 43.3 Å². The summed E-state index contributed by atoms with van der Waals surface area (Å²) >= 11 is 0. The van der Waals surface area contributed by atoms with Gasteiger partial charge in [-0.05, 0) is 49.4 Å². The molecule has 0 fully saturated rings. The van der Waals surface area contributed by atoms with E-state index in [0.717, 1.165) is 11.4 Å². The number of para-hydroxylation sites is 1. The van der Waals surface area contributed by atoms with Gasteiger partial charge in [-0.1, -0.05) is 12.1 Å². The molecular weight excluding hydrogens is 342 g/mol. The molecular formula is C21H21N3O3. The zero-order valence-electron chi connectivity index (χ0n) is 15.2. The minimum atomic E-state index is -0.257. The second-order valence-electron chi connectivity index (χ2n) is 5.90. The molecule has 6 heteroatoms. The Bertz CT molecular complexity index is 994. The number of methoxy groups -OCH3 is 1. The average molecular weight is 363 g/mol. The molecule has 0 bridgehead atoms. The number of carbonyl (C=O) groups is 1. The van der Waals surface area contributed by atoms with Crippen LogP contribution in [0.3, 0.4) is 0 Å². The third-order valence-electron chi connectivity index (χ3n) is 4.12. The van der Waals surface area contributed by atoms with Crippen LogP contribution in [0.15, 0.2) is 71.7 Å². The number of benzene rings is 2. The molecule has 2 N–H and O–H groups in total. The van der Waals surface area contributed by atoms with Gasteiger partial charge in [0.15, 0.2) is 0 Å². The van der Waals surface area contributed by atoms with Crippen molar-refractivity contribution in [2.45, 2.75) is 13.5 Å². The number of carbonyl (C=O) groups excluding carboxylic acids is 1. The number of anilines is 3. The Morgan fingerprint density at radius 1 is 1.00 bits per heavy atom. The summed E-state index contributed by atoms with van der Waals surface area (Å²) in [5.41, 5.74) is 2.50. The summed E-state index contributed by atoms with van der Waals surface area (Å²) in [7, 11) is 1.61. The fourth-order valence-corrected chi connectivity index (χ4v) is 2.67. The first-order valence-corrected chi connectivity index (χ1v) is 8.62.